The molecule has 1 aromatic carbocycles. The zero-order chi connectivity index (χ0) is 9.97. The molecule has 0 aliphatic carbocycles. The van der Waals surface area contributed by atoms with E-state index in [0.717, 1.165) is 11.0 Å². The first-order valence-electron chi connectivity index (χ1n) is 4.46. The quantitative estimate of drug-likeness (QED) is 0.802. The van der Waals surface area contributed by atoms with Crippen LogP contribution in [0.5, 0.6) is 0 Å². The predicted octanol–water partition coefficient (Wildman–Crippen LogP) is 3.00. The monoisotopic (exact) mass is 250 g/mol. The summed E-state index contributed by atoms with van der Waals surface area (Å²) in [5.41, 5.74) is 2.56. The van der Waals surface area contributed by atoms with Crippen LogP contribution in [0.3, 0.4) is 0 Å². The van der Waals surface area contributed by atoms with E-state index in [0.29, 0.717) is 0 Å². The van der Waals surface area contributed by atoms with Crippen LogP contribution in [0, 0.1) is 6.92 Å². The standard InChI is InChI=1S/C11H11BrN2/c1-9-6-10(2-3-11(9)12)7-14-5-4-13-8-14/h2-6,8H,7H2,1H3. The molecule has 0 spiro atoms. The molecule has 2 nitrogen and oxygen atoms in total. The van der Waals surface area contributed by atoms with Crippen LogP contribution >= 0.6 is 15.9 Å². The summed E-state index contributed by atoms with van der Waals surface area (Å²) in [6.45, 7) is 2.98. The van der Waals surface area contributed by atoms with Gasteiger partial charge in [-0.2, -0.15) is 0 Å². The van der Waals surface area contributed by atoms with Crippen molar-refractivity contribution in [2.75, 3.05) is 0 Å². The van der Waals surface area contributed by atoms with Crippen LogP contribution in [0.1, 0.15) is 11.1 Å². The largest absolute Gasteiger partial charge is 0.333 e. The Bertz CT molecular complexity index is 421. The molecule has 14 heavy (non-hydrogen) atoms. The first-order chi connectivity index (χ1) is 6.75. The molecule has 0 fully saturated rings. The summed E-state index contributed by atoms with van der Waals surface area (Å²) in [7, 11) is 0. The number of halogens is 1. The lowest BCUT2D eigenvalue weighted by atomic mass is 10.1. The molecule has 0 amide bonds. The Morgan fingerprint density at radius 2 is 2.29 bits per heavy atom. The van der Waals surface area contributed by atoms with Crippen LogP contribution in [0.4, 0.5) is 0 Å². The minimum absolute atomic E-state index is 0.883. The Hall–Kier alpha value is -1.09. The summed E-state index contributed by atoms with van der Waals surface area (Å²) < 4.78 is 3.22. The molecule has 0 unspecified atom stereocenters. The molecule has 0 saturated carbocycles. The van der Waals surface area contributed by atoms with Gasteiger partial charge in [-0.1, -0.05) is 28.1 Å². The maximum absolute atomic E-state index is 4.01. The number of rotatable bonds is 2. The van der Waals surface area contributed by atoms with Gasteiger partial charge < -0.3 is 4.57 Å². The zero-order valence-electron chi connectivity index (χ0n) is 7.94. The maximum Gasteiger partial charge on any atom is 0.0949 e. The first kappa shape index (κ1) is 9.46. The van der Waals surface area contributed by atoms with Gasteiger partial charge in [0.05, 0.1) is 6.33 Å². The highest BCUT2D eigenvalue weighted by Crippen LogP contribution is 2.17. The first-order valence-corrected chi connectivity index (χ1v) is 5.26. The lowest BCUT2D eigenvalue weighted by Crippen LogP contribution is -1.96. The van der Waals surface area contributed by atoms with Gasteiger partial charge in [-0.05, 0) is 24.1 Å². The lowest BCUT2D eigenvalue weighted by molar-refractivity contribution is 0.796. The molecule has 0 saturated heterocycles. The number of aryl methyl sites for hydroxylation is 1. The average Bonchev–Trinajstić information content (AvgIpc) is 2.64. The lowest BCUT2D eigenvalue weighted by Gasteiger charge is -2.04. The third kappa shape index (κ3) is 2.04. The topological polar surface area (TPSA) is 17.8 Å². The molecular weight excluding hydrogens is 240 g/mol. The number of benzene rings is 1. The second kappa shape index (κ2) is 3.96. The van der Waals surface area contributed by atoms with Crippen molar-refractivity contribution in [3.05, 3.63) is 52.5 Å². The Kier molecular flexibility index (Phi) is 2.68. The third-order valence-electron chi connectivity index (χ3n) is 2.15. The van der Waals surface area contributed by atoms with Gasteiger partial charge in [-0.3, -0.25) is 0 Å². The molecule has 0 aliphatic heterocycles. The van der Waals surface area contributed by atoms with Crippen LogP contribution < -0.4 is 0 Å². The summed E-state index contributed by atoms with van der Waals surface area (Å²) >= 11 is 3.49. The predicted molar refractivity (Wildman–Crippen MR) is 60.2 cm³/mol. The van der Waals surface area contributed by atoms with E-state index in [9.17, 15) is 0 Å². The van der Waals surface area contributed by atoms with E-state index in [1.54, 1.807) is 6.20 Å². The summed E-state index contributed by atoms with van der Waals surface area (Å²) in [5.74, 6) is 0. The molecule has 72 valence electrons. The van der Waals surface area contributed by atoms with Gasteiger partial charge in [-0.15, -0.1) is 0 Å². The maximum atomic E-state index is 4.01. The molecule has 0 atom stereocenters. The molecule has 1 aromatic heterocycles. The van der Waals surface area contributed by atoms with Crippen molar-refractivity contribution in [3.8, 4) is 0 Å². The fraction of sp³-hybridized carbons (Fsp3) is 0.182. The van der Waals surface area contributed by atoms with Gasteiger partial charge in [0.1, 0.15) is 0 Å². The average molecular weight is 251 g/mol. The second-order valence-corrected chi connectivity index (χ2v) is 4.17. The van der Waals surface area contributed by atoms with Crippen LogP contribution in [0.25, 0.3) is 0 Å². The van der Waals surface area contributed by atoms with E-state index in [1.165, 1.54) is 11.1 Å². The fourth-order valence-corrected chi connectivity index (χ4v) is 1.64. The third-order valence-corrected chi connectivity index (χ3v) is 3.04. The number of aromatic nitrogens is 2. The molecular formula is C11H11BrN2. The molecule has 0 aliphatic rings. The van der Waals surface area contributed by atoms with E-state index in [2.05, 4.69) is 50.6 Å². The molecule has 0 N–H and O–H groups in total. The van der Waals surface area contributed by atoms with Crippen molar-refractivity contribution < 1.29 is 0 Å². The van der Waals surface area contributed by atoms with Crippen molar-refractivity contribution >= 4 is 15.9 Å². The molecule has 3 heteroatoms. The van der Waals surface area contributed by atoms with Crippen LogP contribution in [0.15, 0.2) is 41.4 Å². The fourth-order valence-electron chi connectivity index (χ4n) is 1.40. The molecule has 0 bridgehead atoms. The number of hydrogen-bond donors (Lipinski definition) is 0. The van der Waals surface area contributed by atoms with Gasteiger partial charge in [0.2, 0.25) is 0 Å². The van der Waals surface area contributed by atoms with E-state index >= 15 is 0 Å². The minimum Gasteiger partial charge on any atom is -0.333 e. The smallest absolute Gasteiger partial charge is 0.0949 e. The zero-order valence-corrected chi connectivity index (χ0v) is 9.53. The Balaban J connectivity index is 2.22. The summed E-state index contributed by atoms with van der Waals surface area (Å²) in [4.78, 5) is 4.01. The van der Waals surface area contributed by atoms with Crippen molar-refractivity contribution in [3.63, 3.8) is 0 Å². The number of imidazole rings is 1. The van der Waals surface area contributed by atoms with Gasteiger partial charge in [0.25, 0.3) is 0 Å². The van der Waals surface area contributed by atoms with Gasteiger partial charge in [0.15, 0.2) is 0 Å². The Labute approximate surface area is 91.7 Å². The normalized spacial score (nSPS) is 10.4. The van der Waals surface area contributed by atoms with Crippen molar-refractivity contribution in [2.24, 2.45) is 0 Å². The number of nitrogens with zero attached hydrogens (tertiary/aromatic N) is 2. The van der Waals surface area contributed by atoms with E-state index in [1.807, 2.05) is 12.5 Å². The van der Waals surface area contributed by atoms with Crippen molar-refractivity contribution in [2.45, 2.75) is 13.5 Å². The van der Waals surface area contributed by atoms with Gasteiger partial charge >= 0.3 is 0 Å². The minimum atomic E-state index is 0.883. The van der Waals surface area contributed by atoms with Crippen LogP contribution in [-0.4, -0.2) is 9.55 Å². The highest BCUT2D eigenvalue weighted by molar-refractivity contribution is 9.10. The van der Waals surface area contributed by atoms with Crippen LogP contribution in [0.2, 0.25) is 0 Å². The van der Waals surface area contributed by atoms with Crippen molar-refractivity contribution in [1.29, 1.82) is 0 Å². The molecule has 0 radical (unpaired) electrons. The highest BCUT2D eigenvalue weighted by atomic mass is 79.9. The molecule has 1 heterocycles. The number of hydrogen-bond acceptors (Lipinski definition) is 1. The van der Waals surface area contributed by atoms with E-state index < -0.39 is 0 Å². The van der Waals surface area contributed by atoms with E-state index in [-0.39, 0.29) is 0 Å². The molecule has 2 aromatic rings. The van der Waals surface area contributed by atoms with Crippen molar-refractivity contribution in [1.82, 2.24) is 9.55 Å². The highest BCUT2D eigenvalue weighted by Gasteiger charge is 1.97. The van der Waals surface area contributed by atoms with Gasteiger partial charge in [0, 0.05) is 23.4 Å². The molecule has 2 rings (SSSR count). The van der Waals surface area contributed by atoms with Crippen LogP contribution in [-0.2, 0) is 6.54 Å². The summed E-state index contributed by atoms with van der Waals surface area (Å²) in [6, 6.07) is 6.39. The second-order valence-electron chi connectivity index (χ2n) is 3.32. The van der Waals surface area contributed by atoms with E-state index in [4.69, 9.17) is 0 Å². The Morgan fingerprint density at radius 3 is 2.93 bits per heavy atom. The summed E-state index contributed by atoms with van der Waals surface area (Å²) in [6.07, 6.45) is 5.60. The SMILES string of the molecule is Cc1cc(Cn2ccnc2)ccc1Br. The summed E-state index contributed by atoms with van der Waals surface area (Å²) in [5, 5.41) is 0. The Morgan fingerprint density at radius 1 is 1.43 bits per heavy atom. The van der Waals surface area contributed by atoms with Gasteiger partial charge in [-0.25, -0.2) is 4.98 Å².